The third-order valence-corrected chi connectivity index (χ3v) is 6.28. The summed E-state index contributed by atoms with van der Waals surface area (Å²) in [7, 11) is -3.36. The molecule has 0 saturated carbocycles. The summed E-state index contributed by atoms with van der Waals surface area (Å²) >= 11 is 0. The predicted molar refractivity (Wildman–Crippen MR) is 109 cm³/mol. The van der Waals surface area contributed by atoms with E-state index in [-0.39, 0.29) is 17.7 Å². The molecular weight excluding hydrogens is 358 g/mol. The Morgan fingerprint density at radius 3 is 2.26 bits per heavy atom. The smallest absolute Gasteiger partial charge is 0.223 e. The number of allylic oxidation sites excluding steroid dienone is 1. The number of carbonyl (C=O) groups is 1. The summed E-state index contributed by atoms with van der Waals surface area (Å²) in [5.74, 6) is 0.0291. The standard InChI is InChI=1S/C22H27NO3S/c1-3-4-15-22(24)23(18-20-11-7-5-8-12-20)19(2)16-17-27(25,26)21-13-9-6-10-14-21/h3,5-14,19H,1,4,15-18H2,2H3. The van der Waals surface area contributed by atoms with E-state index < -0.39 is 9.84 Å². The van der Waals surface area contributed by atoms with Crippen molar-refractivity contribution in [1.29, 1.82) is 0 Å². The normalized spacial score (nSPS) is 12.3. The number of nitrogens with zero attached hydrogens (tertiary/aromatic N) is 1. The Hall–Kier alpha value is -2.40. The molecule has 2 aromatic carbocycles. The lowest BCUT2D eigenvalue weighted by atomic mass is 10.1. The maximum atomic E-state index is 12.7. The molecule has 144 valence electrons. The zero-order chi connectivity index (χ0) is 19.7. The summed E-state index contributed by atoms with van der Waals surface area (Å²) in [4.78, 5) is 14.8. The van der Waals surface area contributed by atoms with Crippen molar-refractivity contribution in [2.75, 3.05) is 5.75 Å². The van der Waals surface area contributed by atoms with Crippen LogP contribution in [0.15, 0.2) is 78.2 Å². The van der Waals surface area contributed by atoms with Crippen molar-refractivity contribution in [2.24, 2.45) is 0 Å². The lowest BCUT2D eigenvalue weighted by Crippen LogP contribution is -2.39. The molecule has 1 amide bonds. The van der Waals surface area contributed by atoms with Crippen molar-refractivity contribution < 1.29 is 13.2 Å². The largest absolute Gasteiger partial charge is 0.336 e. The Labute approximate surface area is 162 Å². The van der Waals surface area contributed by atoms with Crippen molar-refractivity contribution in [3.8, 4) is 0 Å². The van der Waals surface area contributed by atoms with Crippen LogP contribution in [-0.4, -0.2) is 31.0 Å². The SMILES string of the molecule is C=CCCC(=O)N(Cc1ccccc1)C(C)CCS(=O)(=O)c1ccccc1. The molecule has 2 rings (SSSR count). The maximum absolute atomic E-state index is 12.7. The van der Waals surface area contributed by atoms with Crippen molar-refractivity contribution in [3.05, 3.63) is 78.9 Å². The summed E-state index contributed by atoms with van der Waals surface area (Å²) in [5.41, 5.74) is 1.03. The quantitative estimate of drug-likeness (QED) is 0.575. The highest BCUT2D eigenvalue weighted by atomic mass is 32.2. The van der Waals surface area contributed by atoms with Crippen LogP contribution < -0.4 is 0 Å². The number of benzene rings is 2. The van der Waals surface area contributed by atoms with Gasteiger partial charge in [-0.15, -0.1) is 6.58 Å². The van der Waals surface area contributed by atoms with Gasteiger partial charge in [-0.25, -0.2) is 8.42 Å². The second-order valence-electron chi connectivity index (χ2n) is 6.60. The number of carbonyl (C=O) groups excluding carboxylic acids is 1. The summed E-state index contributed by atoms with van der Waals surface area (Å²) in [6, 6.07) is 18.0. The van der Waals surface area contributed by atoms with Crippen LogP contribution >= 0.6 is 0 Å². The Kier molecular flexibility index (Phi) is 7.80. The molecule has 5 heteroatoms. The Morgan fingerprint density at radius 1 is 1.07 bits per heavy atom. The molecule has 0 saturated heterocycles. The van der Waals surface area contributed by atoms with E-state index >= 15 is 0 Å². The molecule has 1 atom stereocenters. The van der Waals surface area contributed by atoms with Gasteiger partial charge in [0.1, 0.15) is 0 Å². The third-order valence-electron chi connectivity index (χ3n) is 4.52. The molecule has 0 spiro atoms. The van der Waals surface area contributed by atoms with E-state index in [9.17, 15) is 13.2 Å². The number of hydrogen-bond acceptors (Lipinski definition) is 3. The fraction of sp³-hybridized carbons (Fsp3) is 0.318. The van der Waals surface area contributed by atoms with Crippen molar-refractivity contribution >= 4 is 15.7 Å². The summed E-state index contributed by atoms with van der Waals surface area (Å²) < 4.78 is 25.1. The second-order valence-corrected chi connectivity index (χ2v) is 8.71. The Morgan fingerprint density at radius 2 is 1.67 bits per heavy atom. The number of sulfone groups is 1. The minimum atomic E-state index is -3.36. The molecule has 0 aliphatic carbocycles. The first kappa shape index (κ1) is 20.9. The maximum Gasteiger partial charge on any atom is 0.223 e. The number of amides is 1. The zero-order valence-electron chi connectivity index (χ0n) is 15.8. The van der Waals surface area contributed by atoms with Crippen molar-refractivity contribution in [1.82, 2.24) is 4.90 Å². The van der Waals surface area contributed by atoms with Gasteiger partial charge in [-0.05, 0) is 37.5 Å². The third kappa shape index (κ3) is 6.36. The van der Waals surface area contributed by atoms with E-state index in [0.717, 1.165) is 5.56 Å². The molecule has 1 unspecified atom stereocenters. The Bertz CT molecular complexity index is 832. The van der Waals surface area contributed by atoms with Crippen molar-refractivity contribution in [3.63, 3.8) is 0 Å². The molecule has 0 radical (unpaired) electrons. The second kappa shape index (κ2) is 10.1. The van der Waals surface area contributed by atoms with E-state index in [1.807, 2.05) is 37.3 Å². The Balaban J connectivity index is 2.09. The lowest BCUT2D eigenvalue weighted by Gasteiger charge is -2.29. The molecule has 2 aromatic rings. The molecular formula is C22H27NO3S. The van der Waals surface area contributed by atoms with Crippen LogP contribution in [0.5, 0.6) is 0 Å². The van der Waals surface area contributed by atoms with E-state index in [2.05, 4.69) is 6.58 Å². The van der Waals surface area contributed by atoms with Crippen LogP contribution in [0, 0.1) is 0 Å². The van der Waals surface area contributed by atoms with Crippen molar-refractivity contribution in [2.45, 2.75) is 43.7 Å². The highest BCUT2D eigenvalue weighted by Gasteiger charge is 2.23. The molecule has 0 bridgehead atoms. The van der Waals surface area contributed by atoms with Gasteiger partial charge >= 0.3 is 0 Å². The van der Waals surface area contributed by atoms with Crippen LogP contribution in [0.1, 0.15) is 31.7 Å². The molecule has 0 N–H and O–H groups in total. The van der Waals surface area contributed by atoms with Gasteiger partial charge in [-0.3, -0.25) is 4.79 Å². The van der Waals surface area contributed by atoms with Gasteiger partial charge in [0.05, 0.1) is 10.6 Å². The summed E-state index contributed by atoms with van der Waals surface area (Å²) in [6.45, 7) is 6.06. The predicted octanol–water partition coefficient (Wildman–Crippen LogP) is 4.23. The molecule has 4 nitrogen and oxygen atoms in total. The topological polar surface area (TPSA) is 54.5 Å². The van der Waals surface area contributed by atoms with E-state index in [4.69, 9.17) is 0 Å². The molecule has 0 fully saturated rings. The van der Waals surface area contributed by atoms with E-state index in [1.165, 1.54) is 0 Å². The van der Waals surface area contributed by atoms with E-state index in [0.29, 0.717) is 30.7 Å². The first-order chi connectivity index (χ1) is 12.9. The average molecular weight is 386 g/mol. The highest BCUT2D eigenvalue weighted by molar-refractivity contribution is 7.91. The minimum Gasteiger partial charge on any atom is -0.336 e. The molecule has 0 aliphatic heterocycles. The van der Waals surface area contributed by atoms with Gasteiger partial charge in [0.15, 0.2) is 9.84 Å². The molecule has 0 aliphatic rings. The van der Waals surface area contributed by atoms with Crippen LogP contribution in [-0.2, 0) is 21.2 Å². The van der Waals surface area contributed by atoms with Crippen LogP contribution in [0.25, 0.3) is 0 Å². The van der Waals surface area contributed by atoms with Crippen LogP contribution in [0.3, 0.4) is 0 Å². The molecule has 0 aromatic heterocycles. The first-order valence-electron chi connectivity index (χ1n) is 9.16. The monoisotopic (exact) mass is 385 g/mol. The van der Waals surface area contributed by atoms with Gasteiger partial charge in [-0.2, -0.15) is 0 Å². The zero-order valence-corrected chi connectivity index (χ0v) is 16.6. The summed E-state index contributed by atoms with van der Waals surface area (Å²) in [6.07, 6.45) is 3.11. The highest BCUT2D eigenvalue weighted by Crippen LogP contribution is 2.17. The average Bonchev–Trinajstić information content (AvgIpc) is 2.70. The van der Waals surface area contributed by atoms with Gasteiger partial charge < -0.3 is 4.90 Å². The van der Waals surface area contributed by atoms with Gasteiger partial charge in [0, 0.05) is 19.0 Å². The molecule has 27 heavy (non-hydrogen) atoms. The lowest BCUT2D eigenvalue weighted by molar-refractivity contribution is -0.133. The van der Waals surface area contributed by atoms with Gasteiger partial charge in [-0.1, -0.05) is 54.6 Å². The first-order valence-corrected chi connectivity index (χ1v) is 10.8. The van der Waals surface area contributed by atoms with E-state index in [1.54, 1.807) is 41.3 Å². The summed E-state index contributed by atoms with van der Waals surface area (Å²) in [5, 5.41) is 0. The van der Waals surface area contributed by atoms with Gasteiger partial charge in [0.2, 0.25) is 5.91 Å². The number of rotatable bonds is 10. The van der Waals surface area contributed by atoms with Gasteiger partial charge in [0.25, 0.3) is 0 Å². The van der Waals surface area contributed by atoms with Crippen LogP contribution in [0.2, 0.25) is 0 Å². The fourth-order valence-electron chi connectivity index (χ4n) is 2.87. The number of hydrogen-bond donors (Lipinski definition) is 0. The fourth-order valence-corrected chi connectivity index (χ4v) is 4.33. The molecule has 0 heterocycles. The minimum absolute atomic E-state index is 0.0121. The van der Waals surface area contributed by atoms with Crippen LogP contribution in [0.4, 0.5) is 0 Å².